The number of aromatic amines is 1. The van der Waals surface area contributed by atoms with Gasteiger partial charge in [0.05, 0.1) is 22.1 Å². The SMILES string of the molecule is CC1C2CCC(CC2)C1Nc1nc(-c2c[nH]c3ncc(F)cc23)nc2cccc(Cl)c12. The zero-order valence-electron chi connectivity index (χ0n) is 17.2. The van der Waals surface area contributed by atoms with Crippen LogP contribution in [0.1, 0.15) is 32.6 Å². The van der Waals surface area contributed by atoms with Crippen molar-refractivity contribution in [1.82, 2.24) is 19.9 Å². The minimum atomic E-state index is -0.386. The van der Waals surface area contributed by atoms with Crippen LogP contribution in [0.2, 0.25) is 5.02 Å². The van der Waals surface area contributed by atoms with Crippen molar-refractivity contribution < 1.29 is 4.39 Å². The van der Waals surface area contributed by atoms with Crippen LogP contribution in [0.15, 0.2) is 36.7 Å². The molecule has 0 spiro atoms. The highest BCUT2D eigenvalue weighted by molar-refractivity contribution is 6.36. The second kappa shape index (κ2) is 7.16. The number of hydrogen-bond donors (Lipinski definition) is 2. The third-order valence-corrected chi connectivity index (χ3v) is 7.66. The number of nitrogens with one attached hydrogen (secondary N) is 2. The third-order valence-electron chi connectivity index (χ3n) is 7.35. The normalized spacial score (nSPS) is 25.4. The number of halogens is 2. The molecule has 0 aliphatic heterocycles. The number of anilines is 1. The fourth-order valence-electron chi connectivity index (χ4n) is 5.69. The molecule has 3 aliphatic rings. The second-order valence-corrected chi connectivity index (χ2v) is 9.39. The van der Waals surface area contributed by atoms with Crippen LogP contribution in [0, 0.1) is 23.6 Å². The van der Waals surface area contributed by atoms with Crippen LogP contribution < -0.4 is 5.32 Å². The predicted octanol–water partition coefficient (Wildman–Crippen LogP) is 6.20. The first-order valence-corrected chi connectivity index (χ1v) is 11.3. The summed E-state index contributed by atoms with van der Waals surface area (Å²) in [5.74, 6) is 2.92. The van der Waals surface area contributed by atoms with E-state index in [0.717, 1.165) is 28.2 Å². The summed E-state index contributed by atoms with van der Waals surface area (Å²) in [5, 5.41) is 5.91. The van der Waals surface area contributed by atoms with E-state index in [-0.39, 0.29) is 5.82 Å². The molecule has 3 aliphatic carbocycles. The van der Waals surface area contributed by atoms with Gasteiger partial charge in [0, 0.05) is 23.2 Å². The molecular weight excluding hydrogens is 413 g/mol. The molecule has 0 amide bonds. The molecule has 2 bridgehead atoms. The molecule has 3 aromatic heterocycles. The monoisotopic (exact) mass is 435 g/mol. The second-order valence-electron chi connectivity index (χ2n) is 8.99. The highest BCUT2D eigenvalue weighted by atomic mass is 35.5. The van der Waals surface area contributed by atoms with Gasteiger partial charge in [-0.15, -0.1) is 0 Å². The first kappa shape index (κ1) is 19.0. The zero-order chi connectivity index (χ0) is 21.1. The predicted molar refractivity (Wildman–Crippen MR) is 122 cm³/mol. The number of aromatic nitrogens is 4. The Labute approximate surface area is 184 Å². The lowest BCUT2D eigenvalue weighted by atomic mass is 9.62. The molecule has 3 fully saturated rings. The van der Waals surface area contributed by atoms with Crippen molar-refractivity contribution in [3.05, 3.63) is 47.5 Å². The third kappa shape index (κ3) is 3.07. The summed E-state index contributed by atoms with van der Waals surface area (Å²) in [6, 6.07) is 7.56. The van der Waals surface area contributed by atoms with Crippen LogP contribution in [0.3, 0.4) is 0 Å². The first-order valence-electron chi connectivity index (χ1n) is 10.9. The molecule has 0 radical (unpaired) electrons. The fraction of sp³-hybridized carbons (Fsp3) is 0.375. The van der Waals surface area contributed by atoms with Gasteiger partial charge in [-0.1, -0.05) is 24.6 Å². The lowest BCUT2D eigenvalue weighted by Gasteiger charge is -2.47. The van der Waals surface area contributed by atoms with E-state index in [2.05, 4.69) is 22.2 Å². The Kier molecular flexibility index (Phi) is 4.39. The molecule has 2 N–H and O–H groups in total. The van der Waals surface area contributed by atoms with Crippen LogP contribution in [0.5, 0.6) is 0 Å². The molecular formula is C24H23ClFN5. The first-order chi connectivity index (χ1) is 15.1. The molecule has 7 heteroatoms. The molecule has 4 aromatic rings. The van der Waals surface area contributed by atoms with Gasteiger partial charge in [-0.3, -0.25) is 0 Å². The van der Waals surface area contributed by atoms with Crippen LogP contribution in [0.4, 0.5) is 10.2 Å². The van der Waals surface area contributed by atoms with E-state index >= 15 is 0 Å². The van der Waals surface area contributed by atoms with Crippen LogP contribution in [0.25, 0.3) is 33.3 Å². The van der Waals surface area contributed by atoms with Crippen molar-refractivity contribution in [2.45, 2.75) is 38.6 Å². The van der Waals surface area contributed by atoms with Crippen molar-refractivity contribution in [2.24, 2.45) is 17.8 Å². The zero-order valence-corrected chi connectivity index (χ0v) is 18.0. The molecule has 1 aromatic carbocycles. The molecule has 31 heavy (non-hydrogen) atoms. The summed E-state index contributed by atoms with van der Waals surface area (Å²) in [6.45, 7) is 2.35. The highest BCUT2D eigenvalue weighted by Crippen LogP contribution is 2.46. The number of fused-ring (bicyclic) bond motifs is 5. The Morgan fingerprint density at radius 1 is 1.13 bits per heavy atom. The van der Waals surface area contributed by atoms with Gasteiger partial charge in [0.2, 0.25) is 0 Å². The quantitative estimate of drug-likeness (QED) is 0.402. The van der Waals surface area contributed by atoms with E-state index in [1.165, 1.54) is 37.9 Å². The van der Waals surface area contributed by atoms with Gasteiger partial charge in [-0.25, -0.2) is 19.3 Å². The van der Waals surface area contributed by atoms with Gasteiger partial charge in [0.15, 0.2) is 5.82 Å². The van der Waals surface area contributed by atoms with E-state index in [9.17, 15) is 4.39 Å². The van der Waals surface area contributed by atoms with E-state index in [4.69, 9.17) is 21.6 Å². The van der Waals surface area contributed by atoms with E-state index < -0.39 is 0 Å². The topological polar surface area (TPSA) is 66.5 Å². The molecule has 3 saturated carbocycles. The largest absolute Gasteiger partial charge is 0.366 e. The van der Waals surface area contributed by atoms with Crippen LogP contribution in [-0.4, -0.2) is 26.0 Å². The number of nitrogens with zero attached hydrogens (tertiary/aromatic N) is 3. The summed E-state index contributed by atoms with van der Waals surface area (Å²) in [7, 11) is 0. The summed E-state index contributed by atoms with van der Waals surface area (Å²) in [6.07, 6.45) is 8.18. The van der Waals surface area contributed by atoms with E-state index in [1.54, 1.807) is 6.20 Å². The molecule has 7 rings (SSSR count). The summed E-state index contributed by atoms with van der Waals surface area (Å²) in [5.41, 5.74) is 2.11. The average molecular weight is 436 g/mol. The van der Waals surface area contributed by atoms with Crippen molar-refractivity contribution in [3.63, 3.8) is 0 Å². The Morgan fingerprint density at radius 3 is 2.74 bits per heavy atom. The van der Waals surface area contributed by atoms with Gasteiger partial charge >= 0.3 is 0 Å². The Balaban J connectivity index is 1.51. The molecule has 5 nitrogen and oxygen atoms in total. The molecule has 3 heterocycles. The standard InChI is InChI=1S/C24H23ClFN5/c1-12-13-5-7-14(8-6-13)21(12)30-24-20-18(25)3-2-4-19(20)29-23(31-24)17-11-28-22-16(17)9-15(26)10-27-22/h2-4,9-14,21H,5-8H2,1H3,(H,27,28)(H,29,30,31). The van der Waals surface area contributed by atoms with E-state index in [0.29, 0.717) is 39.8 Å². The minimum absolute atomic E-state index is 0.372. The average Bonchev–Trinajstić information content (AvgIpc) is 3.19. The van der Waals surface area contributed by atoms with Crippen LogP contribution >= 0.6 is 11.6 Å². The minimum Gasteiger partial charge on any atom is -0.366 e. The van der Waals surface area contributed by atoms with Crippen molar-refractivity contribution in [1.29, 1.82) is 0 Å². The number of H-pyrrole nitrogens is 1. The summed E-state index contributed by atoms with van der Waals surface area (Å²) < 4.78 is 13.9. The molecule has 0 saturated heterocycles. The number of rotatable bonds is 3. The Morgan fingerprint density at radius 2 is 1.94 bits per heavy atom. The summed E-state index contributed by atoms with van der Waals surface area (Å²) >= 11 is 6.60. The van der Waals surface area contributed by atoms with E-state index in [1.807, 2.05) is 18.2 Å². The Bertz CT molecular complexity index is 1290. The van der Waals surface area contributed by atoms with Crippen molar-refractivity contribution in [2.75, 3.05) is 5.32 Å². The van der Waals surface area contributed by atoms with Crippen molar-refractivity contribution in [3.8, 4) is 11.4 Å². The van der Waals surface area contributed by atoms with Gasteiger partial charge in [0.25, 0.3) is 0 Å². The lowest BCUT2D eigenvalue weighted by molar-refractivity contribution is 0.0929. The van der Waals surface area contributed by atoms with Gasteiger partial charge in [0.1, 0.15) is 17.3 Å². The smallest absolute Gasteiger partial charge is 0.164 e. The molecule has 2 unspecified atom stereocenters. The Hall–Kier alpha value is -2.73. The summed E-state index contributed by atoms with van der Waals surface area (Å²) in [4.78, 5) is 16.9. The van der Waals surface area contributed by atoms with Crippen molar-refractivity contribution >= 4 is 39.4 Å². The van der Waals surface area contributed by atoms with Gasteiger partial charge < -0.3 is 10.3 Å². The van der Waals surface area contributed by atoms with Gasteiger partial charge in [-0.05, 0) is 61.6 Å². The maximum atomic E-state index is 13.9. The highest BCUT2D eigenvalue weighted by Gasteiger charge is 2.41. The fourth-order valence-corrected chi connectivity index (χ4v) is 5.95. The maximum Gasteiger partial charge on any atom is 0.164 e. The lowest BCUT2D eigenvalue weighted by Crippen LogP contribution is -2.47. The number of hydrogen-bond acceptors (Lipinski definition) is 4. The number of pyridine rings is 1. The maximum absolute atomic E-state index is 13.9. The van der Waals surface area contributed by atoms with Gasteiger partial charge in [-0.2, -0.15) is 0 Å². The van der Waals surface area contributed by atoms with Crippen LogP contribution in [-0.2, 0) is 0 Å². The molecule has 158 valence electrons. The number of benzene rings is 1. The molecule has 2 atom stereocenters.